The Labute approximate surface area is 94.0 Å². The van der Waals surface area contributed by atoms with Gasteiger partial charge in [0.2, 0.25) is 0 Å². The summed E-state index contributed by atoms with van der Waals surface area (Å²) in [4.78, 5) is 8.22. The lowest BCUT2D eigenvalue weighted by atomic mass is 10.1. The van der Waals surface area contributed by atoms with Crippen molar-refractivity contribution in [1.29, 1.82) is 0 Å². The van der Waals surface area contributed by atoms with Gasteiger partial charge in [-0.25, -0.2) is 14.6 Å². The van der Waals surface area contributed by atoms with Crippen LogP contribution in [0.3, 0.4) is 0 Å². The number of rotatable bonds is 1. The van der Waals surface area contributed by atoms with E-state index < -0.39 is 0 Å². The first-order valence-corrected chi connectivity index (χ1v) is 5.07. The SMILES string of the molecule is C=Cc1nn(C(C)(C)C)c2ncnc(N)c12. The van der Waals surface area contributed by atoms with Gasteiger partial charge in [0.15, 0.2) is 5.65 Å². The van der Waals surface area contributed by atoms with E-state index in [4.69, 9.17) is 5.73 Å². The highest BCUT2D eigenvalue weighted by atomic mass is 15.3. The molecule has 0 amide bonds. The van der Waals surface area contributed by atoms with Gasteiger partial charge in [-0.3, -0.25) is 0 Å². The van der Waals surface area contributed by atoms with E-state index in [2.05, 4.69) is 42.4 Å². The van der Waals surface area contributed by atoms with E-state index in [1.54, 1.807) is 6.08 Å². The van der Waals surface area contributed by atoms with Crippen molar-refractivity contribution >= 4 is 22.9 Å². The van der Waals surface area contributed by atoms with Crippen molar-refractivity contribution in [3.63, 3.8) is 0 Å². The maximum Gasteiger partial charge on any atom is 0.164 e. The first kappa shape index (κ1) is 10.6. The summed E-state index contributed by atoms with van der Waals surface area (Å²) >= 11 is 0. The van der Waals surface area contributed by atoms with Crippen LogP contribution < -0.4 is 5.73 Å². The normalized spacial score (nSPS) is 11.9. The summed E-state index contributed by atoms with van der Waals surface area (Å²) in [5.74, 6) is 0.440. The highest BCUT2D eigenvalue weighted by Gasteiger charge is 2.21. The quantitative estimate of drug-likeness (QED) is 0.790. The fourth-order valence-electron chi connectivity index (χ4n) is 1.61. The molecule has 0 unspecified atom stereocenters. The summed E-state index contributed by atoms with van der Waals surface area (Å²) in [7, 11) is 0. The zero-order valence-electron chi connectivity index (χ0n) is 9.73. The summed E-state index contributed by atoms with van der Waals surface area (Å²) in [5.41, 5.74) is 7.15. The van der Waals surface area contributed by atoms with Crippen LogP contribution in [0.15, 0.2) is 12.9 Å². The van der Waals surface area contributed by atoms with Crippen molar-refractivity contribution in [2.45, 2.75) is 26.3 Å². The van der Waals surface area contributed by atoms with Crippen molar-refractivity contribution < 1.29 is 0 Å². The Hall–Kier alpha value is -1.91. The first-order valence-electron chi connectivity index (χ1n) is 5.07. The van der Waals surface area contributed by atoms with Crippen LogP contribution >= 0.6 is 0 Å². The Morgan fingerprint density at radius 2 is 2.06 bits per heavy atom. The van der Waals surface area contributed by atoms with Gasteiger partial charge in [-0.15, -0.1) is 0 Å². The molecule has 0 saturated heterocycles. The van der Waals surface area contributed by atoms with Gasteiger partial charge in [0.25, 0.3) is 0 Å². The lowest BCUT2D eigenvalue weighted by Crippen LogP contribution is -2.23. The van der Waals surface area contributed by atoms with Crippen LogP contribution in [0.5, 0.6) is 0 Å². The average molecular weight is 217 g/mol. The molecular weight excluding hydrogens is 202 g/mol. The predicted molar refractivity (Wildman–Crippen MR) is 64.8 cm³/mol. The molecule has 0 aliphatic rings. The van der Waals surface area contributed by atoms with Gasteiger partial charge in [-0.05, 0) is 26.8 Å². The van der Waals surface area contributed by atoms with E-state index >= 15 is 0 Å². The zero-order valence-corrected chi connectivity index (χ0v) is 9.73. The Morgan fingerprint density at radius 3 is 2.62 bits per heavy atom. The molecule has 16 heavy (non-hydrogen) atoms. The smallest absolute Gasteiger partial charge is 0.164 e. The van der Waals surface area contributed by atoms with E-state index in [-0.39, 0.29) is 5.54 Å². The summed E-state index contributed by atoms with van der Waals surface area (Å²) in [6.07, 6.45) is 3.12. The predicted octanol–water partition coefficient (Wildman–Crippen LogP) is 1.81. The van der Waals surface area contributed by atoms with Crippen molar-refractivity contribution in [3.05, 3.63) is 18.6 Å². The van der Waals surface area contributed by atoms with E-state index in [1.165, 1.54) is 6.33 Å². The third-order valence-corrected chi connectivity index (χ3v) is 2.35. The van der Waals surface area contributed by atoms with Crippen LogP contribution in [0.2, 0.25) is 0 Å². The molecule has 5 nitrogen and oxygen atoms in total. The minimum Gasteiger partial charge on any atom is -0.383 e. The second kappa shape index (κ2) is 3.30. The molecule has 0 radical (unpaired) electrons. The molecule has 0 atom stereocenters. The molecule has 0 spiro atoms. The Kier molecular flexibility index (Phi) is 2.18. The van der Waals surface area contributed by atoms with E-state index in [0.717, 1.165) is 16.7 Å². The van der Waals surface area contributed by atoms with Gasteiger partial charge in [0.05, 0.1) is 16.6 Å². The topological polar surface area (TPSA) is 69.6 Å². The van der Waals surface area contributed by atoms with Crippen molar-refractivity contribution in [2.24, 2.45) is 0 Å². The fourth-order valence-corrected chi connectivity index (χ4v) is 1.61. The number of hydrogen-bond donors (Lipinski definition) is 1. The summed E-state index contributed by atoms with van der Waals surface area (Å²) in [5, 5.41) is 5.23. The Balaban J connectivity index is 2.89. The second-order valence-electron chi connectivity index (χ2n) is 4.63. The number of anilines is 1. The van der Waals surface area contributed by atoms with Gasteiger partial charge in [0, 0.05) is 0 Å². The van der Waals surface area contributed by atoms with Crippen LogP contribution in [0.4, 0.5) is 5.82 Å². The van der Waals surface area contributed by atoms with E-state index in [1.807, 2.05) is 4.68 Å². The standard InChI is InChI=1S/C11H15N5/c1-5-7-8-9(12)13-6-14-10(8)16(15-7)11(2,3)4/h5-6H,1H2,2-4H3,(H2,12,13,14). The average Bonchev–Trinajstić information content (AvgIpc) is 2.57. The molecular formula is C11H15N5. The van der Waals surface area contributed by atoms with Crippen LogP contribution in [0.1, 0.15) is 26.5 Å². The van der Waals surface area contributed by atoms with Crippen LogP contribution in [0.25, 0.3) is 17.1 Å². The van der Waals surface area contributed by atoms with Gasteiger partial charge in [-0.2, -0.15) is 5.10 Å². The first-order chi connectivity index (χ1) is 7.45. The molecule has 0 aromatic carbocycles. The molecule has 2 aromatic rings. The number of hydrogen-bond acceptors (Lipinski definition) is 4. The highest BCUT2D eigenvalue weighted by molar-refractivity contribution is 5.92. The third-order valence-electron chi connectivity index (χ3n) is 2.35. The highest BCUT2D eigenvalue weighted by Crippen LogP contribution is 2.26. The van der Waals surface area contributed by atoms with Crippen LogP contribution in [0, 0.1) is 0 Å². The fraction of sp³-hybridized carbons (Fsp3) is 0.364. The molecule has 5 heteroatoms. The zero-order chi connectivity index (χ0) is 11.9. The minimum absolute atomic E-state index is 0.152. The Bertz CT molecular complexity index is 547. The molecule has 84 valence electrons. The van der Waals surface area contributed by atoms with Crippen molar-refractivity contribution in [3.8, 4) is 0 Å². The lowest BCUT2D eigenvalue weighted by Gasteiger charge is -2.19. The van der Waals surface area contributed by atoms with E-state index in [9.17, 15) is 0 Å². The molecule has 2 rings (SSSR count). The molecule has 2 heterocycles. The summed E-state index contributed by atoms with van der Waals surface area (Å²) < 4.78 is 1.84. The molecule has 0 aliphatic carbocycles. The largest absolute Gasteiger partial charge is 0.383 e. The number of nitrogens with zero attached hydrogens (tertiary/aromatic N) is 4. The number of nitrogen functional groups attached to an aromatic ring is 1. The minimum atomic E-state index is -0.152. The summed E-state index contributed by atoms with van der Waals surface area (Å²) in [6.45, 7) is 9.91. The molecule has 2 aromatic heterocycles. The molecule has 0 saturated carbocycles. The summed E-state index contributed by atoms with van der Waals surface area (Å²) in [6, 6.07) is 0. The lowest BCUT2D eigenvalue weighted by molar-refractivity contribution is 0.365. The third kappa shape index (κ3) is 1.44. The number of fused-ring (bicyclic) bond motifs is 1. The maximum absolute atomic E-state index is 5.84. The molecule has 0 bridgehead atoms. The molecule has 0 aliphatic heterocycles. The number of aromatic nitrogens is 4. The van der Waals surface area contributed by atoms with Gasteiger partial charge >= 0.3 is 0 Å². The monoisotopic (exact) mass is 217 g/mol. The second-order valence-corrected chi connectivity index (χ2v) is 4.63. The van der Waals surface area contributed by atoms with Crippen molar-refractivity contribution in [2.75, 3.05) is 5.73 Å². The van der Waals surface area contributed by atoms with Gasteiger partial charge in [-0.1, -0.05) is 6.58 Å². The number of nitrogens with two attached hydrogens (primary N) is 1. The van der Waals surface area contributed by atoms with Gasteiger partial charge in [0.1, 0.15) is 12.1 Å². The maximum atomic E-state index is 5.84. The van der Waals surface area contributed by atoms with Crippen LogP contribution in [-0.2, 0) is 5.54 Å². The van der Waals surface area contributed by atoms with E-state index in [0.29, 0.717) is 5.82 Å². The molecule has 0 fully saturated rings. The van der Waals surface area contributed by atoms with Crippen molar-refractivity contribution in [1.82, 2.24) is 19.7 Å². The van der Waals surface area contributed by atoms with Gasteiger partial charge < -0.3 is 5.73 Å². The Morgan fingerprint density at radius 1 is 1.38 bits per heavy atom. The molecule has 2 N–H and O–H groups in total. The van der Waals surface area contributed by atoms with Crippen LogP contribution in [-0.4, -0.2) is 19.7 Å².